The van der Waals surface area contributed by atoms with Crippen LogP contribution < -0.4 is 5.32 Å². The molecule has 0 spiro atoms. The fraction of sp³-hybridized carbons (Fsp3) is 0.538. The van der Waals surface area contributed by atoms with E-state index in [2.05, 4.69) is 35.2 Å². The Hall–Kier alpha value is -1.60. The van der Waals surface area contributed by atoms with Crippen molar-refractivity contribution >= 4 is 5.82 Å². The van der Waals surface area contributed by atoms with Crippen LogP contribution in [0.25, 0.3) is 0 Å². The van der Waals surface area contributed by atoms with Gasteiger partial charge in [-0.05, 0) is 38.9 Å². The predicted molar refractivity (Wildman–Crippen MR) is 67.7 cm³/mol. The van der Waals surface area contributed by atoms with E-state index < -0.39 is 0 Å². The molecule has 2 unspecified atom stereocenters. The molecule has 4 nitrogen and oxygen atoms in total. The molecule has 1 fully saturated rings. The maximum Gasteiger partial charge on any atom is 0.144 e. The number of nitrogens with zero attached hydrogens (tertiary/aromatic N) is 3. The number of nitrogens with one attached hydrogen (secondary N) is 1. The van der Waals surface area contributed by atoms with Crippen molar-refractivity contribution in [2.45, 2.75) is 31.8 Å². The minimum atomic E-state index is 0.420. The number of rotatable bonds is 2. The molecule has 2 atom stereocenters. The molecule has 0 saturated carbocycles. The molecule has 4 heteroatoms. The lowest BCUT2D eigenvalue weighted by Crippen LogP contribution is -2.42. The quantitative estimate of drug-likeness (QED) is 0.842. The molecular weight excluding hydrogens is 212 g/mol. The van der Waals surface area contributed by atoms with Gasteiger partial charge in [0.2, 0.25) is 0 Å². The van der Waals surface area contributed by atoms with Gasteiger partial charge in [-0.1, -0.05) is 0 Å². The number of hydrogen-bond donors (Lipinski definition) is 1. The third-order valence-corrected chi connectivity index (χ3v) is 3.48. The zero-order chi connectivity index (χ0) is 12.3. The molecule has 0 bridgehead atoms. The van der Waals surface area contributed by atoms with E-state index in [1.54, 1.807) is 18.3 Å². The lowest BCUT2D eigenvalue weighted by Gasteiger charge is -2.35. The topological polar surface area (TPSA) is 52.0 Å². The molecule has 0 aliphatic carbocycles. The maximum absolute atomic E-state index is 9.00. The van der Waals surface area contributed by atoms with Crippen molar-refractivity contribution in [2.24, 2.45) is 0 Å². The largest absolute Gasteiger partial charge is 0.366 e. The first-order valence-electron chi connectivity index (χ1n) is 6.02. The van der Waals surface area contributed by atoms with E-state index in [1.165, 1.54) is 0 Å². The highest BCUT2D eigenvalue weighted by Gasteiger charge is 2.23. The molecule has 1 saturated heterocycles. The molecule has 2 heterocycles. The van der Waals surface area contributed by atoms with Crippen LogP contribution >= 0.6 is 0 Å². The van der Waals surface area contributed by atoms with Gasteiger partial charge in [0.05, 0.1) is 5.56 Å². The summed E-state index contributed by atoms with van der Waals surface area (Å²) in [7, 11) is 2.16. The first kappa shape index (κ1) is 11.9. The van der Waals surface area contributed by atoms with Gasteiger partial charge in [0, 0.05) is 24.8 Å². The molecule has 1 N–H and O–H groups in total. The molecule has 1 aromatic heterocycles. The second-order valence-electron chi connectivity index (χ2n) is 4.71. The molecule has 0 radical (unpaired) electrons. The van der Waals surface area contributed by atoms with Crippen LogP contribution in [-0.4, -0.2) is 35.6 Å². The second-order valence-corrected chi connectivity index (χ2v) is 4.71. The summed E-state index contributed by atoms with van der Waals surface area (Å²) in [5.74, 6) is 0.719. The number of piperidine rings is 1. The van der Waals surface area contributed by atoms with Crippen LogP contribution in [0.3, 0.4) is 0 Å². The van der Waals surface area contributed by atoms with Gasteiger partial charge in [0.25, 0.3) is 0 Å². The smallest absolute Gasteiger partial charge is 0.144 e. The summed E-state index contributed by atoms with van der Waals surface area (Å²) < 4.78 is 0. The summed E-state index contributed by atoms with van der Waals surface area (Å²) in [5, 5.41) is 12.4. The van der Waals surface area contributed by atoms with Crippen LogP contribution in [0.2, 0.25) is 0 Å². The molecule has 1 aromatic rings. The van der Waals surface area contributed by atoms with Gasteiger partial charge in [-0.3, -0.25) is 0 Å². The molecule has 1 aliphatic heterocycles. The Labute approximate surface area is 102 Å². The van der Waals surface area contributed by atoms with E-state index in [1.807, 2.05) is 0 Å². The third kappa shape index (κ3) is 2.75. The SMILES string of the molecule is CC1CC(Nc2ncccc2C#N)CCN1C. The Balaban J connectivity index is 2.04. The summed E-state index contributed by atoms with van der Waals surface area (Å²) in [5.41, 5.74) is 0.624. The average Bonchev–Trinajstić information content (AvgIpc) is 2.34. The van der Waals surface area contributed by atoms with E-state index in [0.717, 1.165) is 25.2 Å². The standard InChI is InChI=1S/C13H18N4/c1-10-8-12(5-7-17(10)2)16-13-11(9-14)4-3-6-15-13/h3-4,6,10,12H,5,7-8H2,1-2H3,(H,15,16). The van der Waals surface area contributed by atoms with E-state index in [9.17, 15) is 0 Å². The molecule has 17 heavy (non-hydrogen) atoms. The van der Waals surface area contributed by atoms with Gasteiger partial charge in [0.1, 0.15) is 11.9 Å². The van der Waals surface area contributed by atoms with E-state index in [0.29, 0.717) is 17.6 Å². The average molecular weight is 230 g/mol. The number of anilines is 1. The van der Waals surface area contributed by atoms with E-state index >= 15 is 0 Å². The van der Waals surface area contributed by atoms with Crippen LogP contribution in [-0.2, 0) is 0 Å². The Bertz CT molecular complexity index is 424. The first-order valence-corrected chi connectivity index (χ1v) is 6.02. The monoisotopic (exact) mass is 230 g/mol. The van der Waals surface area contributed by atoms with Crippen molar-refractivity contribution in [3.63, 3.8) is 0 Å². The van der Waals surface area contributed by atoms with Crippen LogP contribution in [0.15, 0.2) is 18.3 Å². The van der Waals surface area contributed by atoms with Crippen molar-refractivity contribution < 1.29 is 0 Å². The zero-order valence-electron chi connectivity index (χ0n) is 10.3. The third-order valence-electron chi connectivity index (χ3n) is 3.48. The number of aromatic nitrogens is 1. The summed E-state index contributed by atoms with van der Waals surface area (Å²) in [6.45, 7) is 3.32. The van der Waals surface area contributed by atoms with Gasteiger partial charge in [-0.2, -0.15) is 5.26 Å². The Morgan fingerprint density at radius 3 is 3.12 bits per heavy atom. The molecule has 2 rings (SSSR count). The van der Waals surface area contributed by atoms with Crippen molar-refractivity contribution in [3.05, 3.63) is 23.9 Å². The summed E-state index contributed by atoms with van der Waals surface area (Å²) in [6, 6.07) is 6.76. The van der Waals surface area contributed by atoms with Gasteiger partial charge >= 0.3 is 0 Å². The number of nitriles is 1. The highest BCUT2D eigenvalue weighted by molar-refractivity contribution is 5.51. The number of hydrogen-bond acceptors (Lipinski definition) is 4. The number of likely N-dealkylation sites (tertiary alicyclic amines) is 1. The molecular formula is C13H18N4. The number of pyridine rings is 1. The maximum atomic E-state index is 9.00. The predicted octanol–water partition coefficient (Wildman–Crippen LogP) is 1.85. The van der Waals surface area contributed by atoms with Crippen LogP contribution in [0.4, 0.5) is 5.82 Å². The highest BCUT2D eigenvalue weighted by Crippen LogP contribution is 2.20. The zero-order valence-corrected chi connectivity index (χ0v) is 10.3. The second kappa shape index (κ2) is 5.15. The minimum absolute atomic E-state index is 0.420. The fourth-order valence-electron chi connectivity index (χ4n) is 2.22. The summed E-state index contributed by atoms with van der Waals surface area (Å²) >= 11 is 0. The Kier molecular flexibility index (Phi) is 3.60. The molecule has 0 amide bonds. The fourth-order valence-corrected chi connectivity index (χ4v) is 2.22. The minimum Gasteiger partial charge on any atom is -0.366 e. The normalized spacial score (nSPS) is 25.2. The lowest BCUT2D eigenvalue weighted by molar-refractivity contribution is 0.190. The van der Waals surface area contributed by atoms with Gasteiger partial charge in [-0.25, -0.2) is 4.98 Å². The van der Waals surface area contributed by atoms with Gasteiger partial charge in [0.15, 0.2) is 0 Å². The Morgan fingerprint density at radius 2 is 2.41 bits per heavy atom. The van der Waals surface area contributed by atoms with Gasteiger partial charge < -0.3 is 10.2 Å². The van der Waals surface area contributed by atoms with E-state index in [4.69, 9.17) is 5.26 Å². The highest BCUT2D eigenvalue weighted by atomic mass is 15.2. The van der Waals surface area contributed by atoms with Crippen molar-refractivity contribution in [1.29, 1.82) is 5.26 Å². The van der Waals surface area contributed by atoms with Crippen LogP contribution in [0.5, 0.6) is 0 Å². The van der Waals surface area contributed by atoms with Crippen molar-refractivity contribution in [1.82, 2.24) is 9.88 Å². The molecule has 90 valence electrons. The first-order chi connectivity index (χ1) is 8.20. The van der Waals surface area contributed by atoms with Crippen molar-refractivity contribution in [2.75, 3.05) is 18.9 Å². The van der Waals surface area contributed by atoms with Crippen LogP contribution in [0, 0.1) is 11.3 Å². The molecule has 1 aliphatic rings. The van der Waals surface area contributed by atoms with Gasteiger partial charge in [-0.15, -0.1) is 0 Å². The van der Waals surface area contributed by atoms with E-state index in [-0.39, 0.29) is 0 Å². The summed E-state index contributed by atoms with van der Waals surface area (Å²) in [4.78, 5) is 6.60. The van der Waals surface area contributed by atoms with Crippen LogP contribution in [0.1, 0.15) is 25.3 Å². The Morgan fingerprint density at radius 1 is 1.59 bits per heavy atom. The molecule has 0 aromatic carbocycles. The van der Waals surface area contributed by atoms with Crippen molar-refractivity contribution in [3.8, 4) is 6.07 Å². The lowest BCUT2D eigenvalue weighted by atomic mass is 9.99. The summed E-state index contributed by atoms with van der Waals surface area (Å²) in [6.07, 6.45) is 3.92.